The Morgan fingerprint density at radius 1 is 1.10 bits per heavy atom. The molecule has 4 N–H and O–H groups in total. The van der Waals surface area contributed by atoms with E-state index >= 15 is 0 Å². The van der Waals surface area contributed by atoms with E-state index in [4.69, 9.17) is 5.11 Å². The molecule has 3 aromatic rings. The van der Waals surface area contributed by atoms with Crippen molar-refractivity contribution in [2.75, 3.05) is 25.0 Å². The predicted octanol–water partition coefficient (Wildman–Crippen LogP) is 4.46. The molecule has 162 valence electrons. The van der Waals surface area contributed by atoms with Crippen LogP contribution in [0.1, 0.15) is 28.9 Å². The molecular formula is C23H25BrN4O3. The molecule has 0 aliphatic carbocycles. The largest absolute Gasteiger partial charge is 0.465 e. The van der Waals surface area contributed by atoms with Crippen molar-refractivity contribution in [2.45, 2.75) is 25.3 Å². The summed E-state index contributed by atoms with van der Waals surface area (Å²) in [6, 6.07) is 16.3. The number of hydrogen-bond acceptors (Lipinski definition) is 3. The number of fused-ring (bicyclic) bond motifs is 1. The van der Waals surface area contributed by atoms with Gasteiger partial charge in [-0.3, -0.25) is 4.79 Å². The van der Waals surface area contributed by atoms with Crippen LogP contribution in [0.15, 0.2) is 53.0 Å². The maximum Gasteiger partial charge on any atom is 0.404 e. The molecule has 4 rings (SSSR count). The predicted molar refractivity (Wildman–Crippen MR) is 125 cm³/mol. The number of carbonyl (C=O) groups is 2. The first-order valence-corrected chi connectivity index (χ1v) is 11.2. The zero-order chi connectivity index (χ0) is 21.8. The summed E-state index contributed by atoms with van der Waals surface area (Å²) in [5, 5.41) is 15.6. The maximum atomic E-state index is 12.9. The van der Waals surface area contributed by atoms with Gasteiger partial charge in [-0.2, -0.15) is 0 Å². The first-order chi connectivity index (χ1) is 15.0. The molecule has 31 heavy (non-hydrogen) atoms. The van der Waals surface area contributed by atoms with Gasteiger partial charge in [0.15, 0.2) is 0 Å². The van der Waals surface area contributed by atoms with Crippen LogP contribution in [0.3, 0.4) is 0 Å². The number of carboxylic acid groups (broad SMARTS) is 1. The van der Waals surface area contributed by atoms with E-state index in [1.54, 1.807) is 0 Å². The minimum atomic E-state index is -0.999. The highest BCUT2D eigenvalue weighted by Crippen LogP contribution is 2.23. The lowest BCUT2D eigenvalue weighted by Gasteiger charge is -2.32. The molecule has 0 bridgehead atoms. The number of carbonyl (C=O) groups excluding carboxylic acids is 1. The summed E-state index contributed by atoms with van der Waals surface area (Å²) >= 11 is 3.47. The summed E-state index contributed by atoms with van der Waals surface area (Å²) in [6.45, 7) is 1.84. The fraction of sp³-hybridized carbons (Fsp3) is 0.304. The highest BCUT2D eigenvalue weighted by molar-refractivity contribution is 9.10. The second-order valence-electron chi connectivity index (χ2n) is 7.80. The third-order valence-corrected chi connectivity index (χ3v) is 6.10. The molecule has 2 amide bonds. The smallest absolute Gasteiger partial charge is 0.404 e. The number of halogens is 1. The lowest BCUT2D eigenvalue weighted by molar-refractivity contribution is 0.0713. The number of amides is 2. The van der Waals surface area contributed by atoms with Crippen molar-refractivity contribution >= 4 is 44.5 Å². The zero-order valence-electron chi connectivity index (χ0n) is 17.0. The van der Waals surface area contributed by atoms with Crippen LogP contribution in [0, 0.1) is 0 Å². The third-order valence-electron chi connectivity index (χ3n) is 5.61. The fourth-order valence-electron chi connectivity index (χ4n) is 3.93. The number of likely N-dealkylation sites (tertiary alicyclic amines) is 1. The minimum absolute atomic E-state index is 0.0464. The van der Waals surface area contributed by atoms with Crippen molar-refractivity contribution in [1.82, 2.24) is 15.2 Å². The second kappa shape index (κ2) is 9.43. The summed E-state index contributed by atoms with van der Waals surface area (Å²) < 4.78 is 0.995. The van der Waals surface area contributed by atoms with Gasteiger partial charge < -0.3 is 25.6 Å². The van der Waals surface area contributed by atoms with E-state index in [9.17, 15) is 9.59 Å². The number of rotatable bonds is 6. The minimum Gasteiger partial charge on any atom is -0.465 e. The van der Waals surface area contributed by atoms with Gasteiger partial charge in [-0.1, -0.05) is 28.1 Å². The van der Waals surface area contributed by atoms with E-state index in [0.717, 1.165) is 39.5 Å². The Bertz CT molecular complexity index is 1070. The Hall–Kier alpha value is -3.00. The molecule has 1 aliphatic heterocycles. The van der Waals surface area contributed by atoms with Gasteiger partial charge in [0.05, 0.1) is 0 Å². The van der Waals surface area contributed by atoms with Crippen molar-refractivity contribution in [3.63, 3.8) is 0 Å². The molecular weight excluding hydrogens is 460 g/mol. The average molecular weight is 485 g/mol. The van der Waals surface area contributed by atoms with Crippen LogP contribution in [-0.4, -0.2) is 52.7 Å². The van der Waals surface area contributed by atoms with Gasteiger partial charge in [0.1, 0.15) is 5.69 Å². The average Bonchev–Trinajstić information content (AvgIpc) is 3.18. The number of hydrogen-bond donors (Lipinski definition) is 4. The molecule has 0 radical (unpaired) electrons. The van der Waals surface area contributed by atoms with Crippen LogP contribution in [0.4, 0.5) is 10.5 Å². The number of nitrogens with one attached hydrogen (secondary N) is 3. The SMILES string of the molecule is O=C(O)NCCc1ccc(NC2CCN(C(=O)c3cc4cc(Br)ccc4[nH]3)CC2)cc1. The van der Waals surface area contributed by atoms with Gasteiger partial charge in [-0.25, -0.2) is 4.79 Å². The molecule has 2 aromatic carbocycles. The number of aromatic amines is 1. The Morgan fingerprint density at radius 3 is 2.55 bits per heavy atom. The van der Waals surface area contributed by atoms with Crippen LogP contribution in [0.5, 0.6) is 0 Å². The number of benzene rings is 2. The number of H-pyrrole nitrogens is 1. The summed E-state index contributed by atoms with van der Waals surface area (Å²) in [6.07, 6.45) is 1.45. The highest BCUT2D eigenvalue weighted by Gasteiger charge is 2.24. The van der Waals surface area contributed by atoms with Crippen molar-refractivity contribution < 1.29 is 14.7 Å². The summed E-state index contributed by atoms with van der Waals surface area (Å²) in [7, 11) is 0. The first kappa shape index (κ1) is 21.2. The number of aromatic nitrogens is 1. The molecule has 0 unspecified atom stereocenters. The van der Waals surface area contributed by atoms with E-state index in [-0.39, 0.29) is 5.91 Å². The Morgan fingerprint density at radius 2 is 1.84 bits per heavy atom. The number of anilines is 1. The first-order valence-electron chi connectivity index (χ1n) is 10.4. The second-order valence-corrected chi connectivity index (χ2v) is 8.72. The van der Waals surface area contributed by atoms with Crippen LogP contribution in [0.25, 0.3) is 10.9 Å². The molecule has 1 fully saturated rings. The fourth-order valence-corrected chi connectivity index (χ4v) is 4.31. The Balaban J connectivity index is 1.28. The number of nitrogens with zero attached hydrogens (tertiary/aromatic N) is 1. The summed E-state index contributed by atoms with van der Waals surface area (Å²) in [5.41, 5.74) is 3.73. The Kier molecular flexibility index (Phi) is 6.46. The molecule has 1 aliphatic rings. The maximum absolute atomic E-state index is 12.9. The van der Waals surface area contributed by atoms with Crippen molar-refractivity contribution in [1.29, 1.82) is 0 Å². The molecule has 8 heteroatoms. The van der Waals surface area contributed by atoms with Crippen LogP contribution >= 0.6 is 15.9 Å². The van der Waals surface area contributed by atoms with E-state index in [1.165, 1.54) is 0 Å². The van der Waals surface area contributed by atoms with Gasteiger partial charge in [0, 0.05) is 46.7 Å². The highest BCUT2D eigenvalue weighted by atomic mass is 79.9. The van der Waals surface area contributed by atoms with Crippen molar-refractivity contribution in [3.05, 3.63) is 64.3 Å². The lowest BCUT2D eigenvalue weighted by Crippen LogP contribution is -2.42. The topological polar surface area (TPSA) is 97.5 Å². The Labute approximate surface area is 189 Å². The van der Waals surface area contributed by atoms with Crippen molar-refractivity contribution in [3.8, 4) is 0 Å². The standard InChI is InChI=1S/C23H25BrN4O3/c24-17-3-6-20-16(13-17)14-21(27-20)22(29)28-11-8-19(9-12-28)26-18-4-1-15(2-5-18)7-10-25-23(30)31/h1-6,13-14,19,25-27H,7-12H2,(H,30,31). The molecule has 1 saturated heterocycles. The molecule has 1 aromatic heterocycles. The van der Waals surface area contributed by atoms with Crippen LogP contribution < -0.4 is 10.6 Å². The quantitative estimate of drug-likeness (QED) is 0.415. The van der Waals surface area contributed by atoms with Gasteiger partial charge in [0.2, 0.25) is 0 Å². The van der Waals surface area contributed by atoms with E-state index in [1.807, 2.05) is 53.4 Å². The van der Waals surface area contributed by atoms with Gasteiger partial charge in [0.25, 0.3) is 5.91 Å². The molecule has 7 nitrogen and oxygen atoms in total. The summed E-state index contributed by atoms with van der Waals surface area (Å²) in [4.78, 5) is 28.6. The molecule has 0 atom stereocenters. The summed E-state index contributed by atoms with van der Waals surface area (Å²) in [5.74, 6) is 0.0464. The van der Waals surface area contributed by atoms with Crippen LogP contribution in [0.2, 0.25) is 0 Å². The lowest BCUT2D eigenvalue weighted by atomic mass is 10.0. The van der Waals surface area contributed by atoms with Gasteiger partial charge in [-0.05, 0) is 61.2 Å². The normalized spacial score (nSPS) is 14.5. The molecule has 0 saturated carbocycles. The molecule has 0 spiro atoms. The molecule has 2 heterocycles. The van der Waals surface area contributed by atoms with Crippen LogP contribution in [-0.2, 0) is 6.42 Å². The van der Waals surface area contributed by atoms with E-state index < -0.39 is 6.09 Å². The van der Waals surface area contributed by atoms with Gasteiger partial charge in [-0.15, -0.1) is 0 Å². The van der Waals surface area contributed by atoms with E-state index in [0.29, 0.717) is 37.8 Å². The third kappa shape index (κ3) is 5.38. The monoisotopic (exact) mass is 484 g/mol. The zero-order valence-corrected chi connectivity index (χ0v) is 18.6. The van der Waals surface area contributed by atoms with E-state index in [2.05, 4.69) is 31.5 Å². The number of piperidine rings is 1. The van der Waals surface area contributed by atoms with Gasteiger partial charge >= 0.3 is 6.09 Å². The van der Waals surface area contributed by atoms with Crippen molar-refractivity contribution in [2.24, 2.45) is 0 Å².